The number of carbonyl (C=O) groups is 1. The number of ether oxygens (including phenoxy) is 1. The Balaban J connectivity index is 2.17. The topological polar surface area (TPSA) is 112 Å². The first-order chi connectivity index (χ1) is 14.0. The van der Waals surface area contributed by atoms with Crippen molar-refractivity contribution in [3.05, 3.63) is 87.1 Å². The van der Waals surface area contributed by atoms with Crippen molar-refractivity contribution in [1.29, 1.82) is 0 Å². The molecule has 0 atom stereocenters. The molecule has 0 unspecified atom stereocenters. The van der Waals surface area contributed by atoms with Gasteiger partial charge in [0.25, 0.3) is 5.56 Å². The summed E-state index contributed by atoms with van der Waals surface area (Å²) in [6.07, 6.45) is 0. The normalized spacial score (nSPS) is 10.8. The van der Waals surface area contributed by atoms with Crippen LogP contribution in [0.2, 0.25) is 0 Å². The van der Waals surface area contributed by atoms with Crippen LogP contribution in [0.15, 0.2) is 74.7 Å². The van der Waals surface area contributed by atoms with Gasteiger partial charge in [-0.25, -0.2) is 9.59 Å². The first-order valence-electron chi connectivity index (χ1n) is 8.55. The zero-order valence-corrected chi connectivity index (χ0v) is 15.2. The number of aromatic hydroxyl groups is 1. The van der Waals surface area contributed by atoms with E-state index in [0.29, 0.717) is 11.3 Å². The molecule has 29 heavy (non-hydrogen) atoms. The number of hydrogen-bond acceptors (Lipinski definition) is 7. The SMILES string of the molecule is COC(=O)c1nn(-c2ccccc2)c(=O)c2c(O)c(-c3ccccc3)c(=O)oc12. The minimum absolute atomic E-state index is 0.183. The smallest absolute Gasteiger partial charge is 0.362 e. The minimum Gasteiger partial charge on any atom is -0.506 e. The first kappa shape index (κ1) is 18.2. The number of methoxy groups -OCH3 is 1. The molecule has 8 heteroatoms. The number of benzene rings is 2. The van der Waals surface area contributed by atoms with Gasteiger partial charge in [-0.2, -0.15) is 9.78 Å². The Morgan fingerprint density at radius 2 is 1.66 bits per heavy atom. The Morgan fingerprint density at radius 1 is 1.03 bits per heavy atom. The van der Waals surface area contributed by atoms with Gasteiger partial charge in [-0.15, -0.1) is 0 Å². The largest absolute Gasteiger partial charge is 0.506 e. The van der Waals surface area contributed by atoms with Crippen molar-refractivity contribution >= 4 is 16.9 Å². The Labute approximate surface area is 163 Å². The summed E-state index contributed by atoms with van der Waals surface area (Å²) in [5.41, 5.74) is -1.97. The molecule has 0 spiro atoms. The van der Waals surface area contributed by atoms with E-state index in [1.165, 1.54) is 0 Å². The van der Waals surface area contributed by atoms with Gasteiger partial charge in [0.15, 0.2) is 5.58 Å². The van der Waals surface area contributed by atoms with Crippen LogP contribution >= 0.6 is 0 Å². The lowest BCUT2D eigenvalue weighted by Crippen LogP contribution is -2.26. The van der Waals surface area contributed by atoms with Crippen LogP contribution in [0.5, 0.6) is 5.75 Å². The average Bonchev–Trinajstić information content (AvgIpc) is 2.74. The molecule has 0 saturated carbocycles. The summed E-state index contributed by atoms with van der Waals surface area (Å²) in [6, 6.07) is 16.6. The molecule has 0 aliphatic rings. The van der Waals surface area contributed by atoms with Gasteiger partial charge in [-0.1, -0.05) is 48.5 Å². The number of rotatable bonds is 3. The first-order valence-corrected chi connectivity index (χ1v) is 8.55. The van der Waals surface area contributed by atoms with Gasteiger partial charge >= 0.3 is 11.6 Å². The summed E-state index contributed by atoms with van der Waals surface area (Å²) >= 11 is 0. The summed E-state index contributed by atoms with van der Waals surface area (Å²) in [5, 5.41) is 14.5. The second-order valence-electron chi connectivity index (χ2n) is 6.08. The lowest BCUT2D eigenvalue weighted by atomic mass is 10.0. The monoisotopic (exact) mass is 390 g/mol. The van der Waals surface area contributed by atoms with Crippen LogP contribution < -0.4 is 11.2 Å². The van der Waals surface area contributed by atoms with Crippen LogP contribution in [0, 0.1) is 0 Å². The molecular weight excluding hydrogens is 376 g/mol. The van der Waals surface area contributed by atoms with Crippen molar-refractivity contribution in [2.75, 3.05) is 7.11 Å². The van der Waals surface area contributed by atoms with Crippen LogP contribution in [0.1, 0.15) is 10.5 Å². The maximum atomic E-state index is 13.1. The van der Waals surface area contributed by atoms with Gasteiger partial charge in [0.05, 0.1) is 12.8 Å². The van der Waals surface area contributed by atoms with Gasteiger partial charge in [-0.3, -0.25) is 4.79 Å². The highest BCUT2D eigenvalue weighted by molar-refractivity contribution is 6.02. The van der Waals surface area contributed by atoms with Crippen LogP contribution in [0.25, 0.3) is 27.8 Å². The van der Waals surface area contributed by atoms with E-state index in [2.05, 4.69) is 5.10 Å². The van der Waals surface area contributed by atoms with E-state index >= 15 is 0 Å². The van der Waals surface area contributed by atoms with E-state index in [1.54, 1.807) is 60.7 Å². The number of nitrogens with zero attached hydrogens (tertiary/aromatic N) is 2. The van der Waals surface area contributed by atoms with Gasteiger partial charge < -0.3 is 14.3 Å². The third-order valence-electron chi connectivity index (χ3n) is 4.36. The summed E-state index contributed by atoms with van der Waals surface area (Å²) in [4.78, 5) is 38.0. The van der Waals surface area contributed by atoms with Gasteiger partial charge in [0, 0.05) is 0 Å². The van der Waals surface area contributed by atoms with E-state index in [9.17, 15) is 19.5 Å². The molecule has 144 valence electrons. The summed E-state index contributed by atoms with van der Waals surface area (Å²) < 4.78 is 10.9. The predicted octanol–water partition coefficient (Wildman–Crippen LogP) is 2.50. The molecule has 4 rings (SSSR count). The third-order valence-corrected chi connectivity index (χ3v) is 4.36. The fourth-order valence-corrected chi connectivity index (χ4v) is 3.02. The molecule has 0 aliphatic carbocycles. The van der Waals surface area contributed by atoms with Crippen molar-refractivity contribution < 1.29 is 19.1 Å². The van der Waals surface area contributed by atoms with Crippen molar-refractivity contribution in [1.82, 2.24) is 9.78 Å². The maximum absolute atomic E-state index is 13.1. The van der Waals surface area contributed by atoms with E-state index in [4.69, 9.17) is 9.15 Å². The Bertz CT molecular complexity index is 1340. The number of hydrogen-bond donors (Lipinski definition) is 1. The molecule has 0 fully saturated rings. The van der Waals surface area contributed by atoms with Gasteiger partial charge in [-0.05, 0) is 17.7 Å². The minimum atomic E-state index is -0.922. The molecule has 2 aromatic carbocycles. The third kappa shape index (κ3) is 2.96. The number of esters is 1. The van der Waals surface area contributed by atoms with Crippen LogP contribution in [-0.4, -0.2) is 28.0 Å². The summed E-state index contributed by atoms with van der Waals surface area (Å²) in [7, 11) is 1.13. The highest BCUT2D eigenvalue weighted by Gasteiger charge is 2.26. The van der Waals surface area contributed by atoms with Crippen molar-refractivity contribution in [3.63, 3.8) is 0 Å². The van der Waals surface area contributed by atoms with Crippen molar-refractivity contribution in [2.24, 2.45) is 0 Å². The number of carbonyl (C=O) groups excluding carboxylic acids is 1. The molecule has 8 nitrogen and oxygen atoms in total. The van der Waals surface area contributed by atoms with Crippen LogP contribution in [-0.2, 0) is 4.74 Å². The lowest BCUT2D eigenvalue weighted by Gasteiger charge is -2.11. The van der Waals surface area contributed by atoms with E-state index in [0.717, 1.165) is 11.8 Å². The molecule has 2 heterocycles. The molecule has 0 aliphatic heterocycles. The van der Waals surface area contributed by atoms with Gasteiger partial charge in [0.2, 0.25) is 5.69 Å². The Morgan fingerprint density at radius 3 is 2.28 bits per heavy atom. The predicted molar refractivity (Wildman–Crippen MR) is 104 cm³/mol. The quantitative estimate of drug-likeness (QED) is 0.535. The second kappa shape index (κ2) is 7.08. The molecule has 0 radical (unpaired) electrons. The number of para-hydroxylation sites is 1. The number of fused-ring (bicyclic) bond motifs is 1. The standard InChI is InChI=1S/C21H14N2O6/c1-28-21(27)16-18-15(19(25)23(22-16)13-10-6-3-7-11-13)17(24)14(20(26)29-18)12-8-4-2-5-9-12/h2-11,24H,1H3. The summed E-state index contributed by atoms with van der Waals surface area (Å²) in [6.45, 7) is 0. The molecular formula is C21H14N2O6. The van der Waals surface area contributed by atoms with E-state index < -0.39 is 34.2 Å². The van der Waals surface area contributed by atoms with E-state index in [-0.39, 0.29) is 10.9 Å². The molecule has 4 aromatic rings. The molecule has 0 bridgehead atoms. The van der Waals surface area contributed by atoms with Crippen LogP contribution in [0.4, 0.5) is 0 Å². The van der Waals surface area contributed by atoms with E-state index in [1.807, 2.05) is 0 Å². The van der Waals surface area contributed by atoms with Crippen molar-refractivity contribution in [2.45, 2.75) is 0 Å². The molecule has 1 N–H and O–H groups in total. The number of aromatic nitrogens is 2. The second-order valence-corrected chi connectivity index (χ2v) is 6.08. The maximum Gasteiger partial charge on any atom is 0.362 e. The molecule has 0 amide bonds. The van der Waals surface area contributed by atoms with Crippen LogP contribution in [0.3, 0.4) is 0 Å². The fourth-order valence-electron chi connectivity index (χ4n) is 3.02. The zero-order valence-electron chi connectivity index (χ0n) is 15.2. The molecule has 2 aromatic heterocycles. The zero-order chi connectivity index (χ0) is 20.5. The lowest BCUT2D eigenvalue weighted by molar-refractivity contribution is 0.0592. The fraction of sp³-hybridized carbons (Fsp3) is 0.0476. The average molecular weight is 390 g/mol. The van der Waals surface area contributed by atoms with Gasteiger partial charge in [0.1, 0.15) is 16.7 Å². The van der Waals surface area contributed by atoms with Crippen molar-refractivity contribution in [3.8, 4) is 22.6 Å². The Hall–Kier alpha value is -4.20. The highest BCUT2D eigenvalue weighted by Crippen LogP contribution is 2.32. The summed E-state index contributed by atoms with van der Waals surface area (Å²) in [5.74, 6) is -1.51. The molecule has 0 saturated heterocycles. The highest BCUT2D eigenvalue weighted by atomic mass is 16.5. The Kier molecular flexibility index (Phi) is 4.44.